The van der Waals surface area contributed by atoms with Crippen LogP contribution in [0.2, 0.25) is 0 Å². The van der Waals surface area contributed by atoms with E-state index < -0.39 is 23.7 Å². The monoisotopic (exact) mass is 425 g/mol. The normalized spacial score (nSPS) is 14.5. The van der Waals surface area contributed by atoms with Crippen molar-refractivity contribution in [1.82, 2.24) is 10.2 Å². The van der Waals surface area contributed by atoms with Crippen molar-refractivity contribution in [2.24, 2.45) is 0 Å². The van der Waals surface area contributed by atoms with Gasteiger partial charge in [-0.2, -0.15) is 0 Å². The largest absolute Gasteiger partial charge is 0.480 e. The summed E-state index contributed by atoms with van der Waals surface area (Å²) < 4.78 is 5.20. The van der Waals surface area contributed by atoms with Gasteiger partial charge in [-0.1, -0.05) is 36.4 Å². The molecule has 0 bridgehead atoms. The summed E-state index contributed by atoms with van der Waals surface area (Å²) in [4.78, 5) is 25.6. The van der Waals surface area contributed by atoms with Crippen molar-refractivity contribution in [1.29, 1.82) is 0 Å². The molecule has 0 radical (unpaired) electrons. The fourth-order valence-electron chi connectivity index (χ4n) is 3.66. The van der Waals surface area contributed by atoms with Gasteiger partial charge < -0.3 is 20.5 Å². The van der Waals surface area contributed by atoms with E-state index in [0.717, 1.165) is 17.7 Å². The van der Waals surface area contributed by atoms with Gasteiger partial charge in [-0.3, -0.25) is 9.69 Å². The van der Waals surface area contributed by atoms with Crippen LogP contribution >= 0.6 is 0 Å². The summed E-state index contributed by atoms with van der Waals surface area (Å²) in [5, 5.41) is 15.9. The Labute approximate surface area is 183 Å². The molecule has 3 N–H and O–H groups in total. The van der Waals surface area contributed by atoms with E-state index in [-0.39, 0.29) is 0 Å². The van der Waals surface area contributed by atoms with E-state index in [1.165, 1.54) is 11.1 Å². The summed E-state index contributed by atoms with van der Waals surface area (Å²) in [6, 6.07) is 14.9. The number of hydrogen-bond donors (Lipinski definition) is 3. The Balaban J connectivity index is 1.49. The van der Waals surface area contributed by atoms with Crippen LogP contribution in [0, 0.1) is 0 Å². The van der Waals surface area contributed by atoms with Crippen molar-refractivity contribution in [3.8, 4) is 0 Å². The molecule has 0 saturated heterocycles. The number of carboxylic acid groups (broad SMARTS) is 1. The number of aliphatic carboxylic acids is 1. The molecular weight excluding hydrogens is 394 g/mol. The number of carbonyl (C=O) groups excluding carboxylic acids is 1. The predicted octanol–water partition coefficient (Wildman–Crippen LogP) is 4.15. The topological polar surface area (TPSA) is 90.9 Å². The summed E-state index contributed by atoms with van der Waals surface area (Å²) in [6.45, 7) is 7.95. The minimum Gasteiger partial charge on any atom is -0.480 e. The minimum atomic E-state index is -0.846. The van der Waals surface area contributed by atoms with Gasteiger partial charge in [0.05, 0.1) is 0 Å². The summed E-state index contributed by atoms with van der Waals surface area (Å²) in [5.74, 6) is -0.846. The van der Waals surface area contributed by atoms with Gasteiger partial charge in [0.25, 0.3) is 0 Å². The van der Waals surface area contributed by atoms with Crippen LogP contribution in [0.5, 0.6) is 0 Å². The fraction of sp³-hybridized carbons (Fsp3) is 0.417. The van der Waals surface area contributed by atoms with Gasteiger partial charge in [0.2, 0.25) is 0 Å². The highest BCUT2D eigenvalue weighted by Crippen LogP contribution is 2.32. The summed E-state index contributed by atoms with van der Waals surface area (Å²) in [7, 11) is 0. The van der Waals surface area contributed by atoms with Gasteiger partial charge in [0.15, 0.2) is 0 Å². The number of fused-ring (bicyclic) bond motifs is 1. The molecule has 1 heterocycles. The second-order valence-corrected chi connectivity index (χ2v) is 8.75. The van der Waals surface area contributed by atoms with Crippen molar-refractivity contribution in [2.45, 2.75) is 51.9 Å². The molecular formula is C24H31N3O4. The highest BCUT2D eigenvalue weighted by Gasteiger charge is 2.31. The molecule has 1 aliphatic heterocycles. The molecule has 0 aromatic heterocycles. The zero-order valence-corrected chi connectivity index (χ0v) is 18.4. The third-order valence-electron chi connectivity index (χ3n) is 5.04. The second kappa shape index (κ2) is 9.83. The standard InChI is InChI=1S/C24H31N3O4/c1-24(2,3)31-23(30)26-14-6-13-25-20-11-9-17(10-12-20)21(22(28)29)27-15-18-7-4-5-8-19(18)16-27/h4-5,7-12,21,25H,6,13-16H2,1-3H3,(H,26,30)(H,28,29)/t21-/m0/s1. The van der Waals surface area contributed by atoms with Gasteiger partial charge >= 0.3 is 12.1 Å². The van der Waals surface area contributed by atoms with Gasteiger partial charge in [-0.25, -0.2) is 4.79 Å². The van der Waals surface area contributed by atoms with E-state index in [4.69, 9.17) is 4.74 Å². The molecule has 166 valence electrons. The zero-order valence-electron chi connectivity index (χ0n) is 18.4. The first-order chi connectivity index (χ1) is 14.7. The van der Waals surface area contributed by atoms with Gasteiger partial charge in [-0.15, -0.1) is 0 Å². The number of ether oxygens (including phenoxy) is 1. The molecule has 0 saturated carbocycles. The molecule has 0 unspecified atom stereocenters. The Morgan fingerprint density at radius 2 is 1.65 bits per heavy atom. The smallest absolute Gasteiger partial charge is 0.407 e. The molecule has 7 heteroatoms. The van der Waals surface area contributed by atoms with E-state index in [1.807, 2.05) is 62.1 Å². The number of carbonyl (C=O) groups is 2. The van der Waals surface area contributed by atoms with Gasteiger partial charge in [0.1, 0.15) is 11.6 Å². The SMILES string of the molecule is CC(C)(C)OC(=O)NCCCNc1ccc([C@@H](C(=O)O)N2Cc3ccccc3C2)cc1. The van der Waals surface area contributed by atoms with Crippen molar-refractivity contribution < 1.29 is 19.4 Å². The number of anilines is 1. The third-order valence-corrected chi connectivity index (χ3v) is 5.04. The third kappa shape index (κ3) is 6.46. The van der Waals surface area contributed by atoms with Crippen LogP contribution < -0.4 is 10.6 Å². The van der Waals surface area contributed by atoms with Crippen LogP contribution in [-0.2, 0) is 22.6 Å². The number of amides is 1. The van der Waals surface area contributed by atoms with Crippen molar-refractivity contribution in [3.05, 3.63) is 65.2 Å². The van der Waals surface area contributed by atoms with Gasteiger partial charge in [-0.05, 0) is 56.0 Å². The lowest BCUT2D eigenvalue weighted by Gasteiger charge is -2.24. The lowest BCUT2D eigenvalue weighted by atomic mass is 10.1. The molecule has 1 amide bonds. The van der Waals surface area contributed by atoms with E-state index in [9.17, 15) is 14.7 Å². The van der Waals surface area contributed by atoms with Crippen LogP contribution in [-0.4, -0.2) is 40.8 Å². The van der Waals surface area contributed by atoms with Crippen LogP contribution in [0.25, 0.3) is 0 Å². The Kier molecular flexibility index (Phi) is 7.17. The number of alkyl carbamates (subject to hydrolysis) is 1. The van der Waals surface area contributed by atoms with E-state index in [2.05, 4.69) is 22.8 Å². The maximum atomic E-state index is 12.0. The number of nitrogens with one attached hydrogen (secondary N) is 2. The van der Waals surface area contributed by atoms with Gasteiger partial charge in [0, 0.05) is 31.9 Å². The maximum absolute atomic E-state index is 12.0. The first-order valence-electron chi connectivity index (χ1n) is 10.6. The zero-order chi connectivity index (χ0) is 22.4. The average Bonchev–Trinajstić information content (AvgIpc) is 3.10. The molecule has 7 nitrogen and oxygen atoms in total. The predicted molar refractivity (Wildman–Crippen MR) is 120 cm³/mol. The number of carboxylic acids is 1. The van der Waals surface area contributed by atoms with Crippen LogP contribution in [0.1, 0.15) is 49.9 Å². The first kappa shape index (κ1) is 22.6. The minimum absolute atomic E-state index is 0.416. The number of hydrogen-bond acceptors (Lipinski definition) is 5. The molecule has 1 aliphatic rings. The van der Waals surface area contributed by atoms with E-state index in [1.54, 1.807) is 0 Å². The van der Waals surface area contributed by atoms with Crippen molar-refractivity contribution in [2.75, 3.05) is 18.4 Å². The fourth-order valence-corrected chi connectivity index (χ4v) is 3.66. The summed E-state index contributed by atoms with van der Waals surface area (Å²) in [5.41, 5.74) is 3.54. The molecule has 0 aliphatic carbocycles. The number of nitrogens with zero attached hydrogens (tertiary/aromatic N) is 1. The summed E-state index contributed by atoms with van der Waals surface area (Å²) in [6.07, 6.45) is 0.325. The Morgan fingerprint density at radius 1 is 1.03 bits per heavy atom. The van der Waals surface area contributed by atoms with E-state index >= 15 is 0 Å². The summed E-state index contributed by atoms with van der Waals surface area (Å²) >= 11 is 0. The van der Waals surface area contributed by atoms with Crippen molar-refractivity contribution >= 4 is 17.7 Å². The molecule has 2 aromatic rings. The first-order valence-corrected chi connectivity index (χ1v) is 10.6. The second-order valence-electron chi connectivity index (χ2n) is 8.75. The Hall–Kier alpha value is -3.06. The number of rotatable bonds is 8. The molecule has 0 fully saturated rings. The highest BCUT2D eigenvalue weighted by molar-refractivity contribution is 5.76. The van der Waals surface area contributed by atoms with E-state index in [0.29, 0.717) is 26.2 Å². The molecule has 2 aromatic carbocycles. The lowest BCUT2D eigenvalue weighted by molar-refractivity contribution is -0.143. The van der Waals surface area contributed by atoms with Crippen LogP contribution in [0.4, 0.5) is 10.5 Å². The molecule has 31 heavy (non-hydrogen) atoms. The van der Waals surface area contributed by atoms with Crippen LogP contribution in [0.3, 0.4) is 0 Å². The quantitative estimate of drug-likeness (QED) is 0.551. The maximum Gasteiger partial charge on any atom is 0.407 e. The molecule has 0 spiro atoms. The average molecular weight is 426 g/mol. The lowest BCUT2D eigenvalue weighted by Crippen LogP contribution is -2.33. The number of benzene rings is 2. The molecule has 1 atom stereocenters. The molecule has 3 rings (SSSR count). The van der Waals surface area contributed by atoms with Crippen LogP contribution in [0.15, 0.2) is 48.5 Å². The Morgan fingerprint density at radius 3 is 2.19 bits per heavy atom. The van der Waals surface area contributed by atoms with Crippen molar-refractivity contribution in [3.63, 3.8) is 0 Å². The highest BCUT2D eigenvalue weighted by atomic mass is 16.6. The Bertz CT molecular complexity index is 881.